The number of carbonyl (C=O) groups is 1. The molecular weight excluding hydrogens is 396 g/mol. The van der Waals surface area contributed by atoms with Crippen molar-refractivity contribution in [3.05, 3.63) is 108 Å². The van der Waals surface area contributed by atoms with Gasteiger partial charge in [0.1, 0.15) is 12.0 Å². The first kappa shape index (κ1) is 22.3. The number of likely N-dealkylation sites (N-methyl/N-ethyl adjacent to an activating group) is 1. The Balaban J connectivity index is 1.54. The molecule has 0 spiro atoms. The van der Waals surface area contributed by atoms with Gasteiger partial charge in [-0.1, -0.05) is 91.0 Å². The smallest absolute Gasteiger partial charge is 0.233 e. The van der Waals surface area contributed by atoms with Crippen LogP contribution < -0.4 is 5.73 Å². The van der Waals surface area contributed by atoms with E-state index < -0.39 is 5.41 Å². The predicted molar refractivity (Wildman–Crippen MR) is 128 cm³/mol. The van der Waals surface area contributed by atoms with Crippen molar-refractivity contribution >= 4 is 5.91 Å². The quantitative estimate of drug-likeness (QED) is 0.411. The first-order chi connectivity index (χ1) is 15.5. The van der Waals surface area contributed by atoms with Gasteiger partial charge in [-0.15, -0.1) is 0 Å². The van der Waals surface area contributed by atoms with E-state index in [1.165, 1.54) is 5.56 Å². The number of hydrogen-bond acceptors (Lipinski definition) is 2. The minimum Gasteiger partial charge on any atom is -0.371 e. The number of rotatable bonds is 9. The van der Waals surface area contributed by atoms with Crippen LogP contribution in [-0.4, -0.2) is 43.7 Å². The van der Waals surface area contributed by atoms with Gasteiger partial charge < -0.3 is 15.0 Å². The summed E-state index contributed by atoms with van der Waals surface area (Å²) in [4.78, 5) is 13.2. The Morgan fingerprint density at radius 2 is 1.47 bits per heavy atom. The van der Waals surface area contributed by atoms with Crippen molar-refractivity contribution in [2.45, 2.75) is 18.4 Å². The van der Waals surface area contributed by atoms with Crippen molar-refractivity contribution in [2.24, 2.45) is 11.7 Å². The molecule has 0 radical (unpaired) electrons. The molecule has 1 unspecified atom stereocenters. The Bertz CT molecular complexity index is 968. The number of carbonyl (C=O) groups excluding carboxylic acids is 1. The van der Waals surface area contributed by atoms with E-state index >= 15 is 0 Å². The molecule has 0 bridgehead atoms. The lowest BCUT2D eigenvalue weighted by Gasteiger charge is -2.38. The van der Waals surface area contributed by atoms with E-state index in [-0.39, 0.29) is 11.8 Å². The van der Waals surface area contributed by atoms with E-state index in [0.29, 0.717) is 13.2 Å². The van der Waals surface area contributed by atoms with Gasteiger partial charge in [0.15, 0.2) is 0 Å². The largest absolute Gasteiger partial charge is 0.371 e. The van der Waals surface area contributed by atoms with Crippen LogP contribution in [0.2, 0.25) is 0 Å². The molecule has 1 aliphatic rings. The van der Waals surface area contributed by atoms with E-state index in [1.807, 2.05) is 78.9 Å². The van der Waals surface area contributed by atoms with Gasteiger partial charge in [0.05, 0.1) is 33.4 Å². The highest BCUT2D eigenvalue weighted by Crippen LogP contribution is 2.44. The summed E-state index contributed by atoms with van der Waals surface area (Å²) >= 11 is 0. The van der Waals surface area contributed by atoms with Gasteiger partial charge in [-0.05, 0) is 16.7 Å². The number of ether oxygens (including phenoxy) is 1. The minimum atomic E-state index is -0.830. The molecule has 4 rings (SSSR count). The van der Waals surface area contributed by atoms with Gasteiger partial charge in [0.2, 0.25) is 5.91 Å². The fourth-order valence-electron chi connectivity index (χ4n) is 5.31. The van der Waals surface area contributed by atoms with Gasteiger partial charge in [-0.3, -0.25) is 4.79 Å². The Morgan fingerprint density at radius 1 is 0.938 bits per heavy atom. The summed E-state index contributed by atoms with van der Waals surface area (Å²) in [6.07, 6.45) is 0.946. The van der Waals surface area contributed by atoms with Crippen LogP contribution in [-0.2, 0) is 21.6 Å². The lowest BCUT2D eigenvalue weighted by molar-refractivity contribution is -0.899. The second kappa shape index (κ2) is 9.68. The van der Waals surface area contributed by atoms with Crippen LogP contribution in [0.25, 0.3) is 0 Å². The zero-order valence-corrected chi connectivity index (χ0v) is 18.8. The number of hydrogen-bond donors (Lipinski definition) is 1. The van der Waals surface area contributed by atoms with E-state index in [2.05, 4.69) is 19.2 Å². The average Bonchev–Trinajstić information content (AvgIpc) is 3.21. The summed E-state index contributed by atoms with van der Waals surface area (Å²) in [5, 5.41) is 0. The summed E-state index contributed by atoms with van der Waals surface area (Å²) in [5.41, 5.74) is 8.55. The minimum absolute atomic E-state index is 0.129. The number of likely N-dealkylation sites (tertiary alicyclic amines) is 1. The van der Waals surface area contributed by atoms with Gasteiger partial charge in [0, 0.05) is 12.3 Å². The lowest BCUT2D eigenvalue weighted by Crippen LogP contribution is -2.51. The van der Waals surface area contributed by atoms with Crippen molar-refractivity contribution in [1.29, 1.82) is 0 Å². The summed E-state index contributed by atoms with van der Waals surface area (Å²) < 4.78 is 6.86. The fraction of sp³-hybridized carbons (Fsp3) is 0.321. The van der Waals surface area contributed by atoms with Gasteiger partial charge in [-0.2, -0.15) is 0 Å². The Morgan fingerprint density at radius 3 is 2.00 bits per heavy atom. The third-order valence-corrected chi connectivity index (χ3v) is 7.02. The Kier molecular flexibility index (Phi) is 6.73. The van der Waals surface area contributed by atoms with Crippen molar-refractivity contribution < 1.29 is 14.0 Å². The van der Waals surface area contributed by atoms with Gasteiger partial charge >= 0.3 is 0 Å². The molecule has 2 atom stereocenters. The first-order valence-corrected chi connectivity index (χ1v) is 11.4. The van der Waals surface area contributed by atoms with E-state index in [0.717, 1.165) is 41.7 Å². The van der Waals surface area contributed by atoms with Crippen molar-refractivity contribution in [3.8, 4) is 0 Å². The average molecular weight is 430 g/mol. The summed E-state index contributed by atoms with van der Waals surface area (Å²) in [6, 6.07) is 30.4. The standard InChI is InChI=1S/C28H32N2O2/c1-30(19-20-32-22-23-11-5-2-6-12-23)18-17-26(21-30)28(27(29)31,24-13-7-3-8-14-24)25-15-9-4-10-16-25/h2-16,26H,17-22H2,1H3,(H-,29,31)/p+1/t26?,30-/m1/s1. The molecule has 32 heavy (non-hydrogen) atoms. The maximum absolute atomic E-state index is 13.2. The third-order valence-electron chi connectivity index (χ3n) is 7.02. The second-order valence-electron chi connectivity index (χ2n) is 9.18. The van der Waals surface area contributed by atoms with Crippen molar-refractivity contribution in [2.75, 3.05) is 33.3 Å². The maximum atomic E-state index is 13.2. The molecule has 1 saturated heterocycles. The molecule has 2 N–H and O–H groups in total. The highest BCUT2D eigenvalue weighted by atomic mass is 16.5. The number of nitrogens with two attached hydrogens (primary N) is 1. The monoisotopic (exact) mass is 429 g/mol. The molecule has 0 aromatic heterocycles. The van der Waals surface area contributed by atoms with Crippen LogP contribution in [0.15, 0.2) is 91.0 Å². The molecule has 1 heterocycles. The zero-order chi connectivity index (χ0) is 22.4. The molecule has 4 heteroatoms. The molecule has 1 fully saturated rings. The number of quaternary nitrogens is 1. The van der Waals surface area contributed by atoms with Crippen LogP contribution in [0.1, 0.15) is 23.1 Å². The van der Waals surface area contributed by atoms with Crippen LogP contribution in [0.5, 0.6) is 0 Å². The molecule has 3 aromatic rings. The number of nitrogens with zero attached hydrogens (tertiary/aromatic N) is 1. The van der Waals surface area contributed by atoms with E-state index in [1.54, 1.807) is 0 Å². The summed E-state index contributed by atoms with van der Waals surface area (Å²) in [7, 11) is 2.27. The summed E-state index contributed by atoms with van der Waals surface area (Å²) in [5.74, 6) is -0.141. The molecule has 166 valence electrons. The van der Waals surface area contributed by atoms with Crippen LogP contribution >= 0.6 is 0 Å². The SMILES string of the molecule is C[N@+]1(CCOCc2ccccc2)CCC(C(C(N)=O)(c2ccccc2)c2ccccc2)C1. The van der Waals surface area contributed by atoms with Crippen LogP contribution in [0.3, 0.4) is 0 Å². The third kappa shape index (κ3) is 4.47. The van der Waals surface area contributed by atoms with Crippen LogP contribution in [0, 0.1) is 5.92 Å². The molecule has 1 amide bonds. The second-order valence-corrected chi connectivity index (χ2v) is 9.18. The fourth-order valence-corrected chi connectivity index (χ4v) is 5.31. The van der Waals surface area contributed by atoms with E-state index in [4.69, 9.17) is 10.5 Å². The highest BCUT2D eigenvalue weighted by molar-refractivity contribution is 5.91. The predicted octanol–water partition coefficient (Wildman–Crippen LogP) is 4.14. The number of benzene rings is 3. The number of amides is 1. The molecule has 1 aliphatic heterocycles. The molecule has 4 nitrogen and oxygen atoms in total. The topological polar surface area (TPSA) is 52.3 Å². The maximum Gasteiger partial charge on any atom is 0.233 e. The van der Waals surface area contributed by atoms with Crippen LogP contribution in [0.4, 0.5) is 0 Å². The van der Waals surface area contributed by atoms with Crippen molar-refractivity contribution in [1.82, 2.24) is 0 Å². The van der Waals surface area contributed by atoms with E-state index in [9.17, 15) is 4.79 Å². The van der Waals surface area contributed by atoms with Gasteiger partial charge in [-0.25, -0.2) is 0 Å². The molecule has 3 aromatic carbocycles. The lowest BCUT2D eigenvalue weighted by atomic mass is 9.64. The zero-order valence-electron chi connectivity index (χ0n) is 18.8. The highest BCUT2D eigenvalue weighted by Gasteiger charge is 2.53. The van der Waals surface area contributed by atoms with Crippen molar-refractivity contribution in [3.63, 3.8) is 0 Å². The Labute approximate surface area is 191 Å². The molecule has 0 aliphatic carbocycles. The Hall–Kier alpha value is -2.95. The number of primary amides is 1. The molecular formula is C28H33N2O2+. The normalized spacial score (nSPS) is 20.8. The molecule has 0 saturated carbocycles. The summed E-state index contributed by atoms with van der Waals surface area (Å²) in [6.45, 7) is 4.14. The first-order valence-electron chi connectivity index (χ1n) is 11.4. The van der Waals surface area contributed by atoms with Gasteiger partial charge in [0.25, 0.3) is 0 Å².